The molecule has 2 heterocycles. The molecule has 4 N–H and O–H groups in total. The minimum Gasteiger partial charge on any atom is -0.379 e. The molecule has 0 amide bonds. The number of carbonyl (C=O) groups is 2. The number of halogens is 4. The molecule has 0 saturated heterocycles. The van der Waals surface area contributed by atoms with Crippen molar-refractivity contribution >= 4 is 78.0 Å². The minimum absolute atomic E-state index is 0.0437. The molecule has 2 atom stereocenters. The van der Waals surface area contributed by atoms with Crippen LogP contribution < -0.4 is 15.2 Å². The summed E-state index contributed by atoms with van der Waals surface area (Å²) in [4.78, 5) is 32.6. The molecule has 4 aromatic rings. The lowest BCUT2D eigenvalue weighted by Gasteiger charge is -2.33. The maximum absolute atomic E-state index is 13.3. The number of nitrogens with two attached hydrogens (primary N) is 1. The molecule has 0 radical (unpaired) electrons. The molecule has 4 aromatic carbocycles. The van der Waals surface area contributed by atoms with Gasteiger partial charge in [-0.3, -0.25) is 14.5 Å². The molecule has 6 rings (SSSR count). The Labute approximate surface area is 510 Å². The SMILES string of the molecule is CN1Cc2c(Cl)cc(Cl)cc2[C@H](c2cccc(S(=O)(=O)NCCOCCOCCCC(=O)CN(CCOCCOCCOCCN)CC(=O)CCCOCCOCCNS(=O)(=O)c3cccc([C@@H]4CN(C)Cc5c(Cl)cc(Cl)cc54)c3)c2)C1. The lowest BCUT2D eigenvalue weighted by molar-refractivity contribution is -0.123. The number of Topliss-reactive ketones (excluding diaryl/α,β-unsaturated/α-hetero) is 2. The molecule has 0 bridgehead atoms. The first-order chi connectivity index (χ1) is 39.9. The average Bonchev–Trinajstić information content (AvgIpc) is 3.62. The molecule has 0 saturated carbocycles. The van der Waals surface area contributed by atoms with Crippen LogP contribution in [-0.2, 0) is 75.9 Å². The molecule has 0 fully saturated rings. The van der Waals surface area contributed by atoms with Crippen LogP contribution in [0.1, 0.15) is 70.9 Å². The number of rotatable bonds is 41. The topological polar surface area (TPSA) is 227 Å². The first-order valence-corrected chi connectivity index (χ1v) is 32.4. The lowest BCUT2D eigenvalue weighted by Crippen LogP contribution is -2.37. The third-order valence-corrected chi connectivity index (χ3v) is 17.8. The molecule has 83 heavy (non-hydrogen) atoms. The summed E-state index contributed by atoms with van der Waals surface area (Å²) < 4.78 is 97.5. The molecule has 0 spiro atoms. The zero-order valence-corrected chi connectivity index (χ0v) is 52.1. The fourth-order valence-electron chi connectivity index (χ4n) is 9.80. The van der Waals surface area contributed by atoms with E-state index >= 15 is 0 Å². The van der Waals surface area contributed by atoms with Gasteiger partial charge in [0.2, 0.25) is 20.0 Å². The van der Waals surface area contributed by atoms with Crippen molar-refractivity contribution in [3.63, 3.8) is 0 Å². The molecule has 25 heteroatoms. The highest BCUT2D eigenvalue weighted by atomic mass is 35.5. The van der Waals surface area contributed by atoms with E-state index in [1.165, 1.54) is 0 Å². The summed E-state index contributed by atoms with van der Waals surface area (Å²) in [6.07, 6.45) is 1.44. The van der Waals surface area contributed by atoms with Crippen LogP contribution in [0, 0.1) is 0 Å². The van der Waals surface area contributed by atoms with E-state index in [2.05, 4.69) is 19.2 Å². The number of nitrogens with one attached hydrogen (secondary N) is 2. The Bertz CT molecular complexity index is 2730. The van der Waals surface area contributed by atoms with Crippen molar-refractivity contribution < 1.29 is 59.6 Å². The zero-order valence-electron chi connectivity index (χ0n) is 47.4. The van der Waals surface area contributed by atoms with Gasteiger partial charge in [0.05, 0.1) is 102 Å². The Kier molecular flexibility index (Phi) is 30.0. The van der Waals surface area contributed by atoms with Crippen molar-refractivity contribution in [1.29, 1.82) is 0 Å². The van der Waals surface area contributed by atoms with Gasteiger partial charge in [-0.25, -0.2) is 26.3 Å². The summed E-state index contributed by atoms with van der Waals surface area (Å²) in [5.41, 5.74) is 11.1. The van der Waals surface area contributed by atoms with Crippen molar-refractivity contribution in [3.05, 3.63) is 126 Å². The van der Waals surface area contributed by atoms with Gasteiger partial charge in [0.15, 0.2) is 0 Å². The maximum Gasteiger partial charge on any atom is 0.240 e. The number of carbonyl (C=O) groups excluding carboxylic acids is 2. The number of ketones is 2. The summed E-state index contributed by atoms with van der Waals surface area (Å²) in [6, 6.07) is 21.1. The van der Waals surface area contributed by atoms with Crippen LogP contribution in [0.3, 0.4) is 0 Å². The van der Waals surface area contributed by atoms with Gasteiger partial charge in [-0.15, -0.1) is 0 Å². The van der Waals surface area contributed by atoms with Gasteiger partial charge in [-0.2, -0.15) is 0 Å². The van der Waals surface area contributed by atoms with E-state index in [-0.39, 0.29) is 112 Å². The number of fused-ring (bicyclic) bond motifs is 2. The smallest absolute Gasteiger partial charge is 0.240 e. The third-order valence-electron chi connectivity index (χ3n) is 13.8. The third kappa shape index (κ3) is 23.4. The quantitative estimate of drug-likeness (QED) is 0.0389. The summed E-state index contributed by atoms with van der Waals surface area (Å²) in [5.74, 6) is -0.306. The first kappa shape index (κ1) is 68.9. The van der Waals surface area contributed by atoms with Gasteiger partial charge in [0, 0.05) is 110 Å². The average molecular weight is 1280 g/mol. The highest BCUT2D eigenvalue weighted by Crippen LogP contribution is 2.40. The number of sulfonamides is 2. The van der Waals surface area contributed by atoms with Gasteiger partial charge in [-0.1, -0.05) is 70.7 Å². The number of ether oxygens (including phenoxy) is 7. The Hall–Kier alpha value is -3.24. The van der Waals surface area contributed by atoms with Crippen molar-refractivity contribution in [1.82, 2.24) is 24.1 Å². The van der Waals surface area contributed by atoms with E-state index in [9.17, 15) is 26.4 Å². The summed E-state index contributed by atoms with van der Waals surface area (Å²) >= 11 is 25.8. The fourth-order valence-corrected chi connectivity index (χ4v) is 13.1. The van der Waals surface area contributed by atoms with Gasteiger partial charge < -0.3 is 48.7 Å². The monoisotopic (exact) mass is 1270 g/mol. The lowest BCUT2D eigenvalue weighted by atomic mass is 9.85. The van der Waals surface area contributed by atoms with E-state index in [4.69, 9.17) is 85.3 Å². The second-order valence-electron chi connectivity index (χ2n) is 20.4. The molecule has 460 valence electrons. The van der Waals surface area contributed by atoms with Crippen LogP contribution >= 0.6 is 46.4 Å². The Morgan fingerprint density at radius 1 is 0.542 bits per heavy atom. The second-order valence-corrected chi connectivity index (χ2v) is 25.6. The minimum atomic E-state index is -3.83. The van der Waals surface area contributed by atoms with Gasteiger partial charge >= 0.3 is 0 Å². The highest BCUT2D eigenvalue weighted by Gasteiger charge is 2.30. The van der Waals surface area contributed by atoms with E-state index in [0.717, 1.165) is 33.4 Å². The van der Waals surface area contributed by atoms with Crippen LogP contribution in [-0.4, -0.2) is 202 Å². The Morgan fingerprint density at radius 3 is 1.35 bits per heavy atom. The van der Waals surface area contributed by atoms with Crippen LogP contribution in [0.4, 0.5) is 0 Å². The number of hydrogen-bond acceptors (Lipinski definition) is 17. The van der Waals surface area contributed by atoms with E-state index in [0.29, 0.717) is 125 Å². The van der Waals surface area contributed by atoms with E-state index in [1.54, 1.807) is 53.4 Å². The molecule has 2 aliphatic rings. The van der Waals surface area contributed by atoms with Crippen molar-refractivity contribution in [2.75, 3.05) is 159 Å². The van der Waals surface area contributed by atoms with E-state index in [1.807, 2.05) is 38.4 Å². The van der Waals surface area contributed by atoms with Crippen LogP contribution in [0.5, 0.6) is 0 Å². The van der Waals surface area contributed by atoms with Gasteiger partial charge in [-0.05, 0) is 109 Å². The van der Waals surface area contributed by atoms with Crippen LogP contribution in [0.2, 0.25) is 20.1 Å². The number of benzene rings is 4. The van der Waals surface area contributed by atoms with Crippen LogP contribution in [0.15, 0.2) is 82.6 Å². The molecular weight excluding hydrogens is 1190 g/mol. The van der Waals surface area contributed by atoms with Crippen LogP contribution in [0.25, 0.3) is 0 Å². The normalized spacial score (nSPS) is 15.9. The molecular formula is C58H80Cl4N6O13S2. The van der Waals surface area contributed by atoms with E-state index < -0.39 is 20.0 Å². The number of nitrogens with zero attached hydrogens (tertiary/aromatic N) is 3. The van der Waals surface area contributed by atoms with Crippen molar-refractivity contribution in [2.24, 2.45) is 5.73 Å². The molecule has 0 unspecified atom stereocenters. The second kappa shape index (κ2) is 36.2. The van der Waals surface area contributed by atoms with Gasteiger partial charge in [0.1, 0.15) is 11.6 Å². The van der Waals surface area contributed by atoms with Gasteiger partial charge in [0.25, 0.3) is 0 Å². The van der Waals surface area contributed by atoms with Crippen molar-refractivity contribution in [2.45, 2.75) is 60.4 Å². The summed E-state index contributed by atoms with van der Waals surface area (Å²) in [7, 11) is -3.65. The molecule has 0 aliphatic carbocycles. The predicted molar refractivity (Wildman–Crippen MR) is 322 cm³/mol. The summed E-state index contributed by atoms with van der Waals surface area (Å²) in [5, 5.41) is 2.24. The zero-order chi connectivity index (χ0) is 59.6. The first-order valence-electron chi connectivity index (χ1n) is 28.0. The van der Waals surface area contributed by atoms with Crippen molar-refractivity contribution in [3.8, 4) is 0 Å². The Morgan fingerprint density at radius 2 is 0.928 bits per heavy atom. The Balaban J connectivity index is 0.826. The number of likely N-dealkylation sites (N-methyl/N-ethyl adjacent to an activating group) is 2. The fraction of sp³-hybridized carbons (Fsp3) is 0.552. The summed E-state index contributed by atoms with van der Waals surface area (Å²) in [6.45, 7) is 7.99. The predicted octanol–water partition coefficient (Wildman–Crippen LogP) is 6.79. The standard InChI is InChI=1S/C58H80Cl4N6O13S2/c1-66-39-53(51-33-45(59)35-57(61)55(51)41-66)43-7-3-11-49(31-43)82(71,72)64-14-20-78-26-23-75-17-5-9-47(69)37-68(16-22-80-28-30-81-29-25-77-19-13-63)38-48(70)10-6-18-76-24-27-79-21-15-65-83(73,74)50-12-4-8-44(32-50)54-40-67(2)42-56-52(54)34-46(60)36-58(56)62/h3-4,7-8,11-12,31-36,53-54,64-65H,5-6,9-10,13-30,37-42,63H2,1-2H3/t53-,54-/m0/s1. The largest absolute Gasteiger partial charge is 0.379 e. The maximum atomic E-state index is 13.3. The number of hydrogen-bond donors (Lipinski definition) is 3. The molecule has 0 aromatic heterocycles. The molecule has 2 aliphatic heterocycles. The molecule has 19 nitrogen and oxygen atoms in total. The highest BCUT2D eigenvalue weighted by molar-refractivity contribution is 7.89.